The van der Waals surface area contributed by atoms with E-state index in [2.05, 4.69) is 20.7 Å². The second-order valence-corrected chi connectivity index (χ2v) is 7.69. The minimum absolute atomic E-state index is 0.0245. The Morgan fingerprint density at radius 2 is 1.65 bits per heavy atom. The van der Waals surface area contributed by atoms with Crippen molar-refractivity contribution < 1.29 is 27.5 Å². The molecule has 0 spiro atoms. The van der Waals surface area contributed by atoms with Gasteiger partial charge in [-0.05, 0) is 30.3 Å². The Morgan fingerprint density at radius 3 is 2.35 bits per heavy atom. The molecule has 0 aliphatic carbocycles. The van der Waals surface area contributed by atoms with Gasteiger partial charge in [0.25, 0.3) is 0 Å². The van der Waals surface area contributed by atoms with Crippen molar-refractivity contribution in [2.45, 2.75) is 4.90 Å². The summed E-state index contributed by atoms with van der Waals surface area (Å²) in [5, 5.41) is 0. The van der Waals surface area contributed by atoms with Crippen LogP contribution in [0, 0.1) is 0 Å². The second-order valence-electron chi connectivity index (χ2n) is 5.00. The summed E-state index contributed by atoms with van der Waals surface area (Å²) in [5.74, 6) is -1.31. The van der Waals surface area contributed by atoms with Crippen LogP contribution in [0.15, 0.2) is 64.0 Å². The molecule has 0 amide bonds. The van der Waals surface area contributed by atoms with Gasteiger partial charge in [-0.15, -0.1) is 0 Å². The molecule has 2 aromatic carbocycles. The van der Waals surface area contributed by atoms with Gasteiger partial charge < -0.3 is 9.47 Å². The first-order valence-corrected chi connectivity index (χ1v) is 9.79. The molecule has 0 aromatic heterocycles. The molecule has 0 unspecified atom stereocenters. The number of sulfonamides is 1. The molecule has 0 radical (unpaired) electrons. The summed E-state index contributed by atoms with van der Waals surface area (Å²) in [5.41, 5.74) is 0.389. The van der Waals surface area contributed by atoms with Crippen LogP contribution in [0.5, 0.6) is 0 Å². The molecule has 26 heavy (non-hydrogen) atoms. The molecule has 0 aliphatic heterocycles. The van der Waals surface area contributed by atoms with Crippen LogP contribution in [-0.2, 0) is 24.3 Å². The largest absolute Gasteiger partial charge is 0.461 e. The minimum atomic E-state index is -3.82. The molecule has 0 bridgehead atoms. The number of benzene rings is 2. The van der Waals surface area contributed by atoms with Crippen molar-refractivity contribution in [3.05, 3.63) is 64.6 Å². The van der Waals surface area contributed by atoms with Crippen molar-refractivity contribution in [2.75, 3.05) is 19.8 Å². The number of ether oxygens (including phenoxy) is 2. The van der Waals surface area contributed by atoms with Crippen LogP contribution in [0.25, 0.3) is 0 Å². The number of carbonyl (C=O) groups is 2. The molecular weight excluding hydrogens is 426 g/mol. The van der Waals surface area contributed by atoms with Crippen LogP contribution >= 0.6 is 15.9 Å². The van der Waals surface area contributed by atoms with E-state index in [0.29, 0.717) is 10.0 Å². The van der Waals surface area contributed by atoms with E-state index >= 15 is 0 Å². The molecule has 0 heterocycles. The summed E-state index contributed by atoms with van der Waals surface area (Å²) in [4.78, 5) is 23.3. The standard InChI is InChI=1S/C17H16BrNO6S/c18-14-7-4-8-15(11-14)26(22,23)19-12-16(20)24-9-10-25-17(21)13-5-2-1-3-6-13/h1-8,11,19H,9-10,12H2. The summed E-state index contributed by atoms with van der Waals surface area (Å²) < 4.78 is 36.6. The fourth-order valence-corrected chi connectivity index (χ4v) is 3.44. The van der Waals surface area contributed by atoms with Gasteiger partial charge in [-0.25, -0.2) is 13.2 Å². The third kappa shape index (κ3) is 6.25. The van der Waals surface area contributed by atoms with Gasteiger partial charge >= 0.3 is 11.9 Å². The maximum absolute atomic E-state index is 12.1. The predicted octanol–water partition coefficient (Wildman–Crippen LogP) is 2.13. The van der Waals surface area contributed by atoms with Crippen molar-refractivity contribution in [1.29, 1.82) is 0 Å². The molecule has 0 aliphatic rings. The van der Waals surface area contributed by atoms with Gasteiger partial charge in [-0.1, -0.05) is 40.2 Å². The van der Waals surface area contributed by atoms with Crippen molar-refractivity contribution >= 4 is 37.9 Å². The highest BCUT2D eigenvalue weighted by atomic mass is 79.9. The van der Waals surface area contributed by atoms with Crippen molar-refractivity contribution in [1.82, 2.24) is 4.72 Å². The quantitative estimate of drug-likeness (QED) is 0.497. The van der Waals surface area contributed by atoms with Gasteiger partial charge in [0.15, 0.2) is 0 Å². The van der Waals surface area contributed by atoms with E-state index in [1.54, 1.807) is 42.5 Å². The first kappa shape index (κ1) is 20.1. The fraction of sp³-hybridized carbons (Fsp3) is 0.176. The van der Waals surface area contributed by atoms with E-state index in [4.69, 9.17) is 9.47 Å². The lowest BCUT2D eigenvalue weighted by Gasteiger charge is -2.08. The summed E-state index contributed by atoms with van der Waals surface area (Å²) in [6.45, 7) is -0.824. The maximum atomic E-state index is 12.1. The fourth-order valence-electron chi connectivity index (χ4n) is 1.87. The van der Waals surface area contributed by atoms with Gasteiger partial charge in [-0.2, -0.15) is 4.72 Å². The van der Waals surface area contributed by atoms with Gasteiger partial charge in [-0.3, -0.25) is 4.79 Å². The van der Waals surface area contributed by atoms with Crippen LogP contribution in [0.3, 0.4) is 0 Å². The van der Waals surface area contributed by atoms with Crippen LogP contribution < -0.4 is 4.72 Å². The Kier molecular flexibility index (Phi) is 7.31. The van der Waals surface area contributed by atoms with Crippen molar-refractivity contribution in [3.8, 4) is 0 Å². The van der Waals surface area contributed by atoms with Crippen molar-refractivity contribution in [3.63, 3.8) is 0 Å². The average Bonchev–Trinajstić information content (AvgIpc) is 2.64. The zero-order chi connectivity index (χ0) is 19.0. The Hall–Kier alpha value is -2.23. The molecule has 1 N–H and O–H groups in total. The van der Waals surface area contributed by atoms with E-state index in [9.17, 15) is 18.0 Å². The highest BCUT2D eigenvalue weighted by Crippen LogP contribution is 2.15. The van der Waals surface area contributed by atoms with E-state index in [0.717, 1.165) is 0 Å². The molecular formula is C17H16BrNO6S. The van der Waals surface area contributed by atoms with Crippen LogP contribution in [0.1, 0.15) is 10.4 Å². The third-order valence-electron chi connectivity index (χ3n) is 3.10. The Labute approximate surface area is 159 Å². The van der Waals surface area contributed by atoms with E-state index < -0.39 is 28.5 Å². The zero-order valence-corrected chi connectivity index (χ0v) is 16.0. The number of rotatable bonds is 8. The van der Waals surface area contributed by atoms with E-state index in [1.807, 2.05) is 0 Å². The Morgan fingerprint density at radius 1 is 0.962 bits per heavy atom. The highest BCUT2D eigenvalue weighted by molar-refractivity contribution is 9.10. The lowest BCUT2D eigenvalue weighted by Crippen LogP contribution is -2.31. The van der Waals surface area contributed by atoms with Crippen LogP contribution in [0.4, 0.5) is 0 Å². The van der Waals surface area contributed by atoms with Crippen LogP contribution in [0.2, 0.25) is 0 Å². The number of hydrogen-bond acceptors (Lipinski definition) is 6. The van der Waals surface area contributed by atoms with E-state index in [-0.39, 0.29) is 18.1 Å². The maximum Gasteiger partial charge on any atom is 0.338 e. The highest BCUT2D eigenvalue weighted by Gasteiger charge is 2.16. The second kappa shape index (κ2) is 9.46. The number of carbonyl (C=O) groups excluding carboxylic acids is 2. The van der Waals surface area contributed by atoms with Gasteiger partial charge in [0, 0.05) is 4.47 Å². The zero-order valence-electron chi connectivity index (χ0n) is 13.6. The van der Waals surface area contributed by atoms with Gasteiger partial charge in [0.05, 0.1) is 10.5 Å². The van der Waals surface area contributed by atoms with Crippen molar-refractivity contribution in [2.24, 2.45) is 0 Å². The first-order chi connectivity index (χ1) is 12.4. The summed E-state index contributed by atoms with van der Waals surface area (Å²) in [7, 11) is -3.82. The minimum Gasteiger partial charge on any atom is -0.461 e. The topological polar surface area (TPSA) is 98.8 Å². The summed E-state index contributed by atoms with van der Waals surface area (Å²) in [6, 6.07) is 14.5. The third-order valence-corrected chi connectivity index (χ3v) is 4.99. The monoisotopic (exact) mass is 441 g/mol. The lowest BCUT2D eigenvalue weighted by atomic mass is 10.2. The smallest absolute Gasteiger partial charge is 0.338 e. The number of hydrogen-bond donors (Lipinski definition) is 1. The molecule has 138 valence electrons. The van der Waals surface area contributed by atoms with Gasteiger partial charge in [0.2, 0.25) is 10.0 Å². The molecule has 7 nitrogen and oxygen atoms in total. The molecule has 0 saturated heterocycles. The normalized spacial score (nSPS) is 11.0. The SMILES string of the molecule is O=C(CNS(=O)(=O)c1cccc(Br)c1)OCCOC(=O)c1ccccc1. The van der Waals surface area contributed by atoms with Crippen LogP contribution in [-0.4, -0.2) is 40.1 Å². The number of esters is 2. The molecule has 2 aromatic rings. The molecule has 0 fully saturated rings. The first-order valence-electron chi connectivity index (χ1n) is 7.51. The summed E-state index contributed by atoms with van der Waals surface area (Å²) >= 11 is 3.18. The van der Waals surface area contributed by atoms with E-state index in [1.165, 1.54) is 12.1 Å². The average molecular weight is 442 g/mol. The Bertz CT molecular complexity index is 870. The number of halogens is 1. The predicted molar refractivity (Wildman–Crippen MR) is 97.0 cm³/mol. The van der Waals surface area contributed by atoms with Gasteiger partial charge in [0.1, 0.15) is 19.8 Å². The number of nitrogens with one attached hydrogen (secondary N) is 1. The summed E-state index contributed by atoms with van der Waals surface area (Å²) in [6.07, 6.45) is 0. The Balaban J connectivity index is 1.71. The molecule has 0 saturated carbocycles. The molecule has 9 heteroatoms. The molecule has 2 rings (SSSR count). The molecule has 0 atom stereocenters. The lowest BCUT2D eigenvalue weighted by molar-refractivity contribution is -0.143.